The third kappa shape index (κ3) is 2.75. The van der Waals surface area contributed by atoms with Gasteiger partial charge in [-0.25, -0.2) is 4.98 Å². The lowest BCUT2D eigenvalue weighted by atomic mass is 10.1. The number of rotatable bonds is 5. The average molecular weight is 276 g/mol. The Labute approximate surface area is 118 Å². The van der Waals surface area contributed by atoms with Gasteiger partial charge in [-0.15, -0.1) is 0 Å². The van der Waals surface area contributed by atoms with E-state index in [1.54, 1.807) is 11.8 Å². The number of aryl methyl sites for hydroxylation is 2. The highest BCUT2D eigenvalue weighted by Gasteiger charge is 2.17. The summed E-state index contributed by atoms with van der Waals surface area (Å²) in [6, 6.07) is 5.23. The van der Waals surface area contributed by atoms with E-state index in [4.69, 9.17) is 15.2 Å². The summed E-state index contributed by atoms with van der Waals surface area (Å²) in [5, 5.41) is 4.31. The molecule has 0 unspecified atom stereocenters. The number of aromatic nitrogens is 3. The summed E-state index contributed by atoms with van der Waals surface area (Å²) >= 11 is 0. The Hall–Kier alpha value is -2.08. The molecule has 0 aliphatic heterocycles. The summed E-state index contributed by atoms with van der Waals surface area (Å²) in [5.41, 5.74) is 7.11. The van der Waals surface area contributed by atoms with Crippen LogP contribution in [0.2, 0.25) is 0 Å². The fourth-order valence-electron chi connectivity index (χ4n) is 1.92. The van der Waals surface area contributed by atoms with E-state index in [-0.39, 0.29) is 6.04 Å². The van der Waals surface area contributed by atoms with Crippen molar-refractivity contribution in [2.45, 2.75) is 19.9 Å². The number of nitrogens with two attached hydrogens (primary N) is 1. The quantitative estimate of drug-likeness (QED) is 0.897. The topological polar surface area (TPSA) is 75.2 Å². The standard InChI is InChI=1S/C14H20N4O2/c1-5-20-12-8-10(6-7-11(12)19-4)13(15)14-16-9(2)18(3)17-14/h6-8,13H,5,15H2,1-4H3/t13-/m0/s1. The van der Waals surface area contributed by atoms with Crippen molar-refractivity contribution in [3.63, 3.8) is 0 Å². The van der Waals surface area contributed by atoms with E-state index < -0.39 is 0 Å². The molecule has 0 saturated heterocycles. The lowest BCUT2D eigenvalue weighted by Crippen LogP contribution is -2.14. The molecule has 2 aromatic rings. The van der Waals surface area contributed by atoms with E-state index in [0.717, 1.165) is 11.4 Å². The smallest absolute Gasteiger partial charge is 0.172 e. The van der Waals surface area contributed by atoms with E-state index in [1.165, 1.54) is 0 Å². The van der Waals surface area contributed by atoms with Gasteiger partial charge >= 0.3 is 0 Å². The van der Waals surface area contributed by atoms with Gasteiger partial charge in [-0.2, -0.15) is 5.10 Å². The molecule has 0 aliphatic rings. The van der Waals surface area contributed by atoms with Crippen molar-refractivity contribution in [1.82, 2.24) is 14.8 Å². The van der Waals surface area contributed by atoms with Crippen LogP contribution in [0.15, 0.2) is 18.2 Å². The van der Waals surface area contributed by atoms with Crippen LogP contribution < -0.4 is 15.2 Å². The maximum atomic E-state index is 6.22. The first-order valence-electron chi connectivity index (χ1n) is 6.50. The maximum absolute atomic E-state index is 6.22. The number of ether oxygens (including phenoxy) is 2. The highest BCUT2D eigenvalue weighted by atomic mass is 16.5. The molecule has 0 aliphatic carbocycles. The van der Waals surface area contributed by atoms with Crippen molar-refractivity contribution in [2.24, 2.45) is 12.8 Å². The van der Waals surface area contributed by atoms with Gasteiger partial charge in [0, 0.05) is 7.05 Å². The second-order valence-corrected chi connectivity index (χ2v) is 4.46. The largest absolute Gasteiger partial charge is 0.493 e. The maximum Gasteiger partial charge on any atom is 0.172 e. The molecule has 0 amide bonds. The van der Waals surface area contributed by atoms with Crippen LogP contribution in [0.3, 0.4) is 0 Å². The minimum atomic E-state index is -0.389. The molecule has 0 saturated carbocycles. The van der Waals surface area contributed by atoms with Gasteiger partial charge in [-0.1, -0.05) is 6.07 Å². The average Bonchev–Trinajstić information content (AvgIpc) is 2.78. The van der Waals surface area contributed by atoms with Crippen LogP contribution in [0.4, 0.5) is 0 Å². The Balaban J connectivity index is 2.34. The van der Waals surface area contributed by atoms with Crippen molar-refractivity contribution in [3.8, 4) is 11.5 Å². The van der Waals surface area contributed by atoms with Crippen LogP contribution in [0.5, 0.6) is 11.5 Å². The molecule has 6 heteroatoms. The minimum absolute atomic E-state index is 0.389. The van der Waals surface area contributed by atoms with Gasteiger partial charge in [0.05, 0.1) is 19.8 Å². The Morgan fingerprint density at radius 3 is 2.65 bits per heavy atom. The molecule has 1 heterocycles. The summed E-state index contributed by atoms with van der Waals surface area (Å²) in [6.07, 6.45) is 0. The normalized spacial score (nSPS) is 12.2. The van der Waals surface area contributed by atoms with Crippen molar-refractivity contribution in [1.29, 1.82) is 0 Å². The van der Waals surface area contributed by atoms with Gasteiger partial charge in [0.15, 0.2) is 17.3 Å². The number of benzene rings is 1. The van der Waals surface area contributed by atoms with Crippen molar-refractivity contribution < 1.29 is 9.47 Å². The molecule has 6 nitrogen and oxygen atoms in total. The molecule has 2 N–H and O–H groups in total. The van der Waals surface area contributed by atoms with Crippen LogP contribution in [0, 0.1) is 6.92 Å². The molecular formula is C14H20N4O2. The SMILES string of the molecule is CCOc1cc([C@H](N)c2nc(C)n(C)n2)ccc1OC. The summed E-state index contributed by atoms with van der Waals surface area (Å²) in [7, 11) is 3.46. The lowest BCUT2D eigenvalue weighted by molar-refractivity contribution is 0.310. The first-order chi connectivity index (χ1) is 9.56. The highest BCUT2D eigenvalue weighted by Crippen LogP contribution is 2.31. The first-order valence-corrected chi connectivity index (χ1v) is 6.50. The van der Waals surface area contributed by atoms with Gasteiger partial charge < -0.3 is 15.2 Å². The molecule has 0 radical (unpaired) electrons. The zero-order valence-electron chi connectivity index (χ0n) is 12.3. The van der Waals surface area contributed by atoms with Crippen LogP contribution in [-0.2, 0) is 7.05 Å². The molecule has 20 heavy (non-hydrogen) atoms. The molecule has 108 valence electrons. The molecule has 0 spiro atoms. The number of nitrogens with zero attached hydrogens (tertiary/aromatic N) is 3. The minimum Gasteiger partial charge on any atom is -0.493 e. The Morgan fingerprint density at radius 2 is 2.10 bits per heavy atom. The van der Waals surface area contributed by atoms with Crippen molar-refractivity contribution in [2.75, 3.05) is 13.7 Å². The predicted octanol–water partition coefficient (Wildman–Crippen LogP) is 1.58. The first kappa shape index (κ1) is 14.3. The van der Waals surface area contributed by atoms with E-state index in [9.17, 15) is 0 Å². The lowest BCUT2D eigenvalue weighted by Gasteiger charge is -2.13. The molecule has 0 bridgehead atoms. The van der Waals surface area contributed by atoms with Gasteiger partial charge in [-0.3, -0.25) is 4.68 Å². The monoisotopic (exact) mass is 276 g/mol. The van der Waals surface area contributed by atoms with Gasteiger partial charge in [0.1, 0.15) is 5.82 Å². The number of hydrogen-bond donors (Lipinski definition) is 1. The third-order valence-corrected chi connectivity index (χ3v) is 3.12. The van der Waals surface area contributed by atoms with E-state index in [0.29, 0.717) is 23.9 Å². The van der Waals surface area contributed by atoms with Crippen molar-refractivity contribution >= 4 is 0 Å². The van der Waals surface area contributed by atoms with Crippen LogP contribution in [0.25, 0.3) is 0 Å². The van der Waals surface area contributed by atoms with E-state index >= 15 is 0 Å². The van der Waals surface area contributed by atoms with Crippen LogP contribution >= 0.6 is 0 Å². The van der Waals surface area contributed by atoms with Gasteiger partial charge in [0.25, 0.3) is 0 Å². The molecule has 1 aromatic heterocycles. The third-order valence-electron chi connectivity index (χ3n) is 3.12. The predicted molar refractivity (Wildman–Crippen MR) is 75.9 cm³/mol. The fraction of sp³-hybridized carbons (Fsp3) is 0.429. The Bertz CT molecular complexity index is 575. The summed E-state index contributed by atoms with van der Waals surface area (Å²) < 4.78 is 12.5. The molecule has 0 fully saturated rings. The molecule has 2 rings (SSSR count). The van der Waals surface area contributed by atoms with E-state index in [2.05, 4.69) is 10.1 Å². The second-order valence-electron chi connectivity index (χ2n) is 4.46. The Kier molecular flexibility index (Phi) is 4.24. The summed E-state index contributed by atoms with van der Waals surface area (Å²) in [4.78, 5) is 4.36. The molecule has 1 atom stereocenters. The van der Waals surface area contributed by atoms with Crippen LogP contribution in [0.1, 0.15) is 30.2 Å². The zero-order chi connectivity index (χ0) is 14.7. The second kappa shape index (κ2) is 5.92. The highest BCUT2D eigenvalue weighted by molar-refractivity contribution is 5.44. The van der Waals surface area contributed by atoms with Crippen molar-refractivity contribution in [3.05, 3.63) is 35.4 Å². The molecule has 1 aromatic carbocycles. The van der Waals surface area contributed by atoms with Gasteiger partial charge in [0.2, 0.25) is 0 Å². The number of hydrogen-bond acceptors (Lipinski definition) is 5. The van der Waals surface area contributed by atoms with E-state index in [1.807, 2.05) is 39.1 Å². The molecular weight excluding hydrogens is 256 g/mol. The summed E-state index contributed by atoms with van der Waals surface area (Å²) in [5.74, 6) is 2.79. The summed E-state index contributed by atoms with van der Waals surface area (Å²) in [6.45, 7) is 4.38. The zero-order valence-corrected chi connectivity index (χ0v) is 12.3. The fourth-order valence-corrected chi connectivity index (χ4v) is 1.92. The Morgan fingerprint density at radius 1 is 1.35 bits per heavy atom. The van der Waals surface area contributed by atoms with Gasteiger partial charge in [-0.05, 0) is 31.5 Å². The van der Waals surface area contributed by atoms with Crippen LogP contribution in [-0.4, -0.2) is 28.5 Å². The number of methoxy groups -OCH3 is 1.